The molecular weight excluding hydrogens is 510 g/mol. The zero-order chi connectivity index (χ0) is 29.5. The first-order valence-electron chi connectivity index (χ1n) is 12.5. The van der Waals surface area contributed by atoms with Gasteiger partial charge in [-0.25, -0.2) is 4.79 Å². The van der Waals surface area contributed by atoms with Crippen LogP contribution >= 0.6 is 0 Å². The second kappa shape index (κ2) is 16.6. The summed E-state index contributed by atoms with van der Waals surface area (Å²) < 4.78 is 0. The van der Waals surface area contributed by atoms with Crippen molar-refractivity contribution in [2.45, 2.75) is 70.1 Å². The zero-order valence-electron chi connectivity index (χ0n) is 22.1. The standard InChI is InChI=1S/C25H39N7O7/c1-14(2)20(23(37)30-17(24(38)39)9-6-12-29-25(27)28)32-22(36)18(13-15-7-4-3-5-8-15)31-21(35)16(26)10-11-19(33)34/h3-5,7-8,14,16-18,20H,6,9-13,26H2,1-2H3,(H,30,37)(H,31,35)(H,32,36)(H,33,34)(H,38,39)(H4,27,28,29). The van der Waals surface area contributed by atoms with Gasteiger partial charge in [-0.1, -0.05) is 44.2 Å². The highest BCUT2D eigenvalue weighted by Crippen LogP contribution is 2.09. The summed E-state index contributed by atoms with van der Waals surface area (Å²) in [6.45, 7) is 3.53. The van der Waals surface area contributed by atoms with Gasteiger partial charge in [0.25, 0.3) is 0 Å². The van der Waals surface area contributed by atoms with Crippen LogP contribution in [0.5, 0.6) is 0 Å². The fourth-order valence-electron chi connectivity index (χ4n) is 3.56. The molecule has 4 unspecified atom stereocenters. The number of nitrogens with one attached hydrogen (secondary N) is 3. The third-order valence-corrected chi connectivity index (χ3v) is 5.73. The van der Waals surface area contributed by atoms with E-state index in [1.165, 1.54) is 0 Å². The lowest BCUT2D eigenvalue weighted by atomic mass is 10.00. The van der Waals surface area contributed by atoms with E-state index in [0.29, 0.717) is 12.0 Å². The van der Waals surface area contributed by atoms with Crippen LogP contribution in [0.15, 0.2) is 35.3 Å². The SMILES string of the molecule is CC(C)C(NC(=O)C(Cc1ccccc1)NC(=O)C(N)CCC(=O)O)C(=O)NC(CCCN=C(N)N)C(=O)O. The lowest BCUT2D eigenvalue weighted by molar-refractivity contribution is -0.143. The number of carbonyl (C=O) groups excluding carboxylic acids is 3. The molecule has 0 saturated heterocycles. The smallest absolute Gasteiger partial charge is 0.326 e. The van der Waals surface area contributed by atoms with E-state index in [1.54, 1.807) is 44.2 Å². The van der Waals surface area contributed by atoms with Gasteiger partial charge in [-0.15, -0.1) is 0 Å². The summed E-state index contributed by atoms with van der Waals surface area (Å²) in [7, 11) is 0. The van der Waals surface area contributed by atoms with Crippen molar-refractivity contribution in [2.24, 2.45) is 28.1 Å². The van der Waals surface area contributed by atoms with Gasteiger partial charge in [0, 0.05) is 19.4 Å². The van der Waals surface area contributed by atoms with Crippen molar-refractivity contribution in [2.75, 3.05) is 6.54 Å². The van der Waals surface area contributed by atoms with Gasteiger partial charge in [-0.05, 0) is 30.7 Å². The van der Waals surface area contributed by atoms with Crippen molar-refractivity contribution >= 4 is 35.6 Å². The maximum Gasteiger partial charge on any atom is 0.326 e. The van der Waals surface area contributed by atoms with Crippen molar-refractivity contribution in [1.82, 2.24) is 16.0 Å². The van der Waals surface area contributed by atoms with Crippen LogP contribution in [0.2, 0.25) is 0 Å². The Balaban J connectivity index is 3.01. The molecule has 1 rings (SSSR count). The van der Waals surface area contributed by atoms with E-state index in [2.05, 4.69) is 20.9 Å². The zero-order valence-corrected chi connectivity index (χ0v) is 22.1. The Kier molecular flexibility index (Phi) is 14.0. The monoisotopic (exact) mass is 549 g/mol. The molecule has 0 fully saturated rings. The van der Waals surface area contributed by atoms with Crippen LogP contribution in [-0.2, 0) is 30.4 Å². The number of aliphatic imine (C=N–C) groups is 1. The van der Waals surface area contributed by atoms with Crippen molar-refractivity contribution in [3.8, 4) is 0 Å². The van der Waals surface area contributed by atoms with E-state index in [-0.39, 0.29) is 38.2 Å². The normalized spacial score (nSPS) is 13.8. The Morgan fingerprint density at radius 3 is 2.03 bits per heavy atom. The number of aliphatic carboxylic acids is 2. The maximum atomic E-state index is 13.3. The van der Waals surface area contributed by atoms with E-state index in [9.17, 15) is 29.1 Å². The van der Waals surface area contributed by atoms with Crippen molar-refractivity contribution in [3.63, 3.8) is 0 Å². The van der Waals surface area contributed by atoms with Crippen LogP contribution in [0.1, 0.15) is 45.1 Å². The molecule has 3 amide bonds. The summed E-state index contributed by atoms with van der Waals surface area (Å²) in [5, 5.41) is 26.0. The van der Waals surface area contributed by atoms with Gasteiger partial charge >= 0.3 is 11.9 Å². The number of hydrogen-bond acceptors (Lipinski definition) is 7. The topological polar surface area (TPSA) is 252 Å². The summed E-state index contributed by atoms with van der Waals surface area (Å²) in [5.41, 5.74) is 17.0. The lowest BCUT2D eigenvalue weighted by Gasteiger charge is -2.27. The Morgan fingerprint density at radius 1 is 0.872 bits per heavy atom. The summed E-state index contributed by atoms with van der Waals surface area (Å²) in [4.78, 5) is 65.2. The predicted octanol–water partition coefficient (Wildman–Crippen LogP) is -1.33. The number of guanidine groups is 1. The number of nitrogens with zero attached hydrogens (tertiary/aromatic N) is 1. The maximum absolute atomic E-state index is 13.3. The minimum Gasteiger partial charge on any atom is -0.481 e. The Labute approximate surface area is 226 Å². The number of hydrogen-bond donors (Lipinski definition) is 8. The Hall–Kier alpha value is -4.20. The molecule has 0 saturated carbocycles. The number of carboxylic acids is 2. The van der Waals surface area contributed by atoms with E-state index >= 15 is 0 Å². The van der Waals surface area contributed by atoms with Crippen LogP contribution in [0, 0.1) is 5.92 Å². The molecule has 1 aromatic rings. The molecule has 0 spiro atoms. The van der Waals surface area contributed by atoms with Gasteiger partial charge in [-0.2, -0.15) is 0 Å². The summed E-state index contributed by atoms with van der Waals surface area (Å²) in [6.07, 6.45) is -0.0359. The van der Waals surface area contributed by atoms with Crippen molar-refractivity contribution < 1.29 is 34.2 Å². The number of amides is 3. The molecule has 11 N–H and O–H groups in total. The molecule has 1 aromatic carbocycles. The van der Waals surface area contributed by atoms with E-state index in [0.717, 1.165) is 0 Å². The predicted molar refractivity (Wildman–Crippen MR) is 143 cm³/mol. The first kappa shape index (κ1) is 32.8. The van der Waals surface area contributed by atoms with E-state index in [4.69, 9.17) is 22.3 Å². The van der Waals surface area contributed by atoms with Crippen LogP contribution < -0.4 is 33.2 Å². The lowest BCUT2D eigenvalue weighted by Crippen LogP contribution is -2.58. The van der Waals surface area contributed by atoms with Gasteiger partial charge in [0.1, 0.15) is 18.1 Å². The molecule has 0 radical (unpaired) electrons. The minimum atomic E-state index is -1.26. The number of carboxylic acid groups (broad SMARTS) is 2. The van der Waals surface area contributed by atoms with E-state index < -0.39 is 59.7 Å². The average Bonchev–Trinajstić information content (AvgIpc) is 2.86. The molecule has 14 heteroatoms. The van der Waals surface area contributed by atoms with Crippen LogP contribution in [0.4, 0.5) is 0 Å². The molecule has 0 heterocycles. The molecule has 0 aliphatic heterocycles. The van der Waals surface area contributed by atoms with Gasteiger partial charge in [-0.3, -0.25) is 24.2 Å². The first-order chi connectivity index (χ1) is 18.3. The van der Waals surface area contributed by atoms with E-state index in [1.807, 2.05) is 0 Å². The highest BCUT2D eigenvalue weighted by Gasteiger charge is 2.32. The van der Waals surface area contributed by atoms with Gasteiger partial charge in [0.15, 0.2) is 5.96 Å². The van der Waals surface area contributed by atoms with Crippen LogP contribution in [0.25, 0.3) is 0 Å². The molecule has 14 nitrogen and oxygen atoms in total. The minimum absolute atomic E-state index is 0.0531. The summed E-state index contributed by atoms with van der Waals surface area (Å²) in [6, 6.07) is 4.15. The van der Waals surface area contributed by atoms with Gasteiger partial charge < -0.3 is 43.4 Å². The molecule has 0 aromatic heterocycles. The molecule has 0 aliphatic carbocycles. The molecule has 4 atom stereocenters. The van der Waals surface area contributed by atoms with Crippen LogP contribution in [-0.4, -0.2) is 76.5 Å². The number of rotatable bonds is 17. The summed E-state index contributed by atoms with van der Waals surface area (Å²) in [5.74, 6) is -5.05. The summed E-state index contributed by atoms with van der Waals surface area (Å²) >= 11 is 0. The third-order valence-electron chi connectivity index (χ3n) is 5.73. The Morgan fingerprint density at radius 2 is 1.49 bits per heavy atom. The third kappa shape index (κ3) is 12.7. The largest absolute Gasteiger partial charge is 0.481 e. The number of carbonyl (C=O) groups is 5. The first-order valence-corrected chi connectivity index (χ1v) is 12.5. The van der Waals surface area contributed by atoms with Crippen molar-refractivity contribution in [3.05, 3.63) is 35.9 Å². The number of nitrogens with two attached hydrogens (primary N) is 3. The number of benzene rings is 1. The highest BCUT2D eigenvalue weighted by molar-refractivity contribution is 5.94. The molecule has 216 valence electrons. The Bertz CT molecular complexity index is 1010. The molecule has 0 bridgehead atoms. The quantitative estimate of drug-likeness (QED) is 0.0645. The fraction of sp³-hybridized carbons (Fsp3) is 0.520. The van der Waals surface area contributed by atoms with Gasteiger partial charge in [0.05, 0.1) is 6.04 Å². The van der Waals surface area contributed by atoms with Crippen LogP contribution in [0.3, 0.4) is 0 Å². The molecule has 39 heavy (non-hydrogen) atoms. The highest BCUT2D eigenvalue weighted by atomic mass is 16.4. The fourth-order valence-corrected chi connectivity index (χ4v) is 3.56. The average molecular weight is 550 g/mol. The van der Waals surface area contributed by atoms with Gasteiger partial charge in [0.2, 0.25) is 17.7 Å². The molecular formula is C25H39N7O7. The molecule has 0 aliphatic rings. The van der Waals surface area contributed by atoms with Crippen molar-refractivity contribution in [1.29, 1.82) is 0 Å². The second-order valence-corrected chi connectivity index (χ2v) is 9.37. The second-order valence-electron chi connectivity index (χ2n) is 9.37.